The molecular formula is C17H23N3O4S. The van der Waals surface area contributed by atoms with Crippen molar-refractivity contribution >= 4 is 21.6 Å². The molecular weight excluding hydrogens is 342 g/mol. The summed E-state index contributed by atoms with van der Waals surface area (Å²) >= 11 is 0. The van der Waals surface area contributed by atoms with E-state index < -0.39 is 10.0 Å². The maximum atomic E-state index is 12.3. The van der Waals surface area contributed by atoms with Gasteiger partial charge in [0.1, 0.15) is 10.6 Å². The smallest absolute Gasteiger partial charge is 0.245 e. The average Bonchev–Trinajstić information content (AvgIpc) is 2.88. The number of anilines is 1. The second kappa shape index (κ2) is 7.79. The first-order chi connectivity index (χ1) is 11.8. The summed E-state index contributed by atoms with van der Waals surface area (Å²) < 4.78 is 31.9. The molecule has 0 aliphatic carbocycles. The van der Waals surface area contributed by atoms with Gasteiger partial charge in [-0.1, -0.05) is 30.3 Å². The summed E-state index contributed by atoms with van der Waals surface area (Å²) in [5.74, 6) is -0.0209. The molecule has 2 rings (SSSR count). The molecule has 1 amide bonds. The van der Waals surface area contributed by atoms with Gasteiger partial charge in [-0.3, -0.25) is 4.79 Å². The molecule has 0 unspecified atom stereocenters. The highest BCUT2D eigenvalue weighted by Crippen LogP contribution is 2.21. The largest absolute Gasteiger partial charge is 0.360 e. The normalized spacial score (nSPS) is 11.5. The first-order valence-electron chi connectivity index (χ1n) is 8.07. The Balaban J connectivity index is 1.98. The Morgan fingerprint density at radius 1 is 1.24 bits per heavy atom. The van der Waals surface area contributed by atoms with E-state index in [-0.39, 0.29) is 29.5 Å². The molecule has 0 radical (unpaired) electrons. The number of sulfonamides is 1. The molecule has 0 aliphatic heterocycles. The summed E-state index contributed by atoms with van der Waals surface area (Å²) in [6, 6.07) is 5.83. The lowest BCUT2D eigenvalue weighted by Crippen LogP contribution is -2.28. The number of aryl methyl sites for hydroxylation is 4. The fraction of sp³-hybridized carbons (Fsp3) is 0.412. The van der Waals surface area contributed by atoms with Crippen molar-refractivity contribution in [2.75, 3.05) is 11.9 Å². The Morgan fingerprint density at radius 2 is 1.96 bits per heavy atom. The highest BCUT2D eigenvalue weighted by atomic mass is 32.2. The van der Waals surface area contributed by atoms with Gasteiger partial charge in [0, 0.05) is 18.7 Å². The van der Waals surface area contributed by atoms with Crippen molar-refractivity contribution < 1.29 is 17.7 Å². The highest BCUT2D eigenvalue weighted by molar-refractivity contribution is 7.89. The predicted octanol–water partition coefficient (Wildman–Crippen LogP) is 2.47. The zero-order chi connectivity index (χ0) is 18.6. The third kappa shape index (κ3) is 4.46. The number of nitrogens with zero attached hydrogens (tertiary/aromatic N) is 1. The zero-order valence-electron chi connectivity index (χ0n) is 14.8. The molecule has 1 aromatic carbocycles. The first-order valence-corrected chi connectivity index (χ1v) is 9.55. The second-order valence-electron chi connectivity index (χ2n) is 5.81. The number of carbonyl (C=O) groups excluding carboxylic acids is 1. The summed E-state index contributed by atoms with van der Waals surface area (Å²) in [5, 5.41) is 6.51. The Labute approximate surface area is 147 Å². The van der Waals surface area contributed by atoms with Crippen LogP contribution < -0.4 is 10.0 Å². The van der Waals surface area contributed by atoms with Gasteiger partial charge >= 0.3 is 0 Å². The van der Waals surface area contributed by atoms with E-state index in [0.717, 1.165) is 23.2 Å². The van der Waals surface area contributed by atoms with Crippen molar-refractivity contribution in [3.63, 3.8) is 0 Å². The SMILES string of the molecule is CCc1cccc(C)c1NC(=O)CCNS(=O)(=O)c1c(C)noc1C. The number of amides is 1. The molecule has 0 aliphatic rings. The van der Waals surface area contributed by atoms with Crippen LogP contribution in [-0.4, -0.2) is 26.0 Å². The summed E-state index contributed by atoms with van der Waals surface area (Å²) in [6.07, 6.45) is 0.829. The number of rotatable bonds is 7. The molecule has 0 saturated carbocycles. The molecule has 0 bridgehead atoms. The van der Waals surface area contributed by atoms with Crippen LogP contribution in [0.3, 0.4) is 0 Å². The van der Waals surface area contributed by atoms with Crippen LogP contribution >= 0.6 is 0 Å². The van der Waals surface area contributed by atoms with Crippen molar-refractivity contribution in [3.8, 4) is 0 Å². The quantitative estimate of drug-likeness (QED) is 0.785. The van der Waals surface area contributed by atoms with Crippen LogP contribution in [0.15, 0.2) is 27.6 Å². The minimum atomic E-state index is -3.75. The number of para-hydroxylation sites is 1. The van der Waals surface area contributed by atoms with E-state index in [9.17, 15) is 13.2 Å². The van der Waals surface area contributed by atoms with Gasteiger partial charge in [0.2, 0.25) is 15.9 Å². The minimum absolute atomic E-state index is 0.00837. The molecule has 0 saturated heterocycles. The Hall–Kier alpha value is -2.19. The lowest BCUT2D eigenvalue weighted by Gasteiger charge is -2.13. The number of hydrogen-bond donors (Lipinski definition) is 2. The van der Waals surface area contributed by atoms with E-state index in [1.54, 1.807) is 6.92 Å². The Morgan fingerprint density at radius 3 is 2.56 bits per heavy atom. The average molecular weight is 365 g/mol. The van der Waals surface area contributed by atoms with Crippen LogP contribution in [0.4, 0.5) is 5.69 Å². The number of hydrogen-bond acceptors (Lipinski definition) is 5. The van der Waals surface area contributed by atoms with Crippen molar-refractivity contribution in [3.05, 3.63) is 40.8 Å². The number of aromatic nitrogens is 1. The van der Waals surface area contributed by atoms with Crippen molar-refractivity contribution in [2.24, 2.45) is 0 Å². The second-order valence-corrected chi connectivity index (χ2v) is 7.52. The van der Waals surface area contributed by atoms with Crippen LogP contribution in [0.1, 0.15) is 35.9 Å². The summed E-state index contributed by atoms with van der Waals surface area (Å²) in [5.41, 5.74) is 3.11. The molecule has 7 nitrogen and oxygen atoms in total. The predicted molar refractivity (Wildman–Crippen MR) is 95.0 cm³/mol. The van der Waals surface area contributed by atoms with Gasteiger partial charge in [0.05, 0.1) is 0 Å². The fourth-order valence-corrected chi connectivity index (χ4v) is 3.99. The van der Waals surface area contributed by atoms with Crippen LogP contribution in [0.2, 0.25) is 0 Å². The van der Waals surface area contributed by atoms with Gasteiger partial charge in [-0.05, 0) is 38.3 Å². The number of carbonyl (C=O) groups is 1. The van der Waals surface area contributed by atoms with Gasteiger partial charge in [0.25, 0.3) is 0 Å². The highest BCUT2D eigenvalue weighted by Gasteiger charge is 2.23. The standard InChI is InChI=1S/C17H23N3O4S/c1-5-14-8-6-7-11(2)16(14)19-15(21)9-10-18-25(22,23)17-12(3)20-24-13(17)4/h6-8,18H,5,9-10H2,1-4H3,(H,19,21). The van der Waals surface area contributed by atoms with Crippen molar-refractivity contribution in [2.45, 2.75) is 45.4 Å². The first kappa shape index (κ1) is 19.1. The van der Waals surface area contributed by atoms with E-state index >= 15 is 0 Å². The zero-order valence-corrected chi connectivity index (χ0v) is 15.7. The molecule has 25 heavy (non-hydrogen) atoms. The van der Waals surface area contributed by atoms with E-state index in [1.165, 1.54) is 6.92 Å². The molecule has 1 aromatic heterocycles. The number of benzene rings is 1. The Bertz CT molecular complexity index is 853. The summed E-state index contributed by atoms with van der Waals surface area (Å²) in [6.45, 7) is 7.02. The summed E-state index contributed by atoms with van der Waals surface area (Å²) in [7, 11) is -3.75. The third-order valence-corrected chi connectivity index (χ3v) is 5.59. The lowest BCUT2D eigenvalue weighted by molar-refractivity contribution is -0.116. The number of nitrogens with one attached hydrogen (secondary N) is 2. The van der Waals surface area contributed by atoms with Crippen molar-refractivity contribution in [1.29, 1.82) is 0 Å². The molecule has 1 heterocycles. The fourth-order valence-electron chi connectivity index (χ4n) is 2.63. The van der Waals surface area contributed by atoms with E-state index in [0.29, 0.717) is 5.69 Å². The maximum absolute atomic E-state index is 12.3. The molecule has 0 spiro atoms. The van der Waals surface area contributed by atoms with E-state index in [2.05, 4.69) is 15.2 Å². The topological polar surface area (TPSA) is 101 Å². The van der Waals surface area contributed by atoms with Crippen LogP contribution in [0, 0.1) is 20.8 Å². The minimum Gasteiger partial charge on any atom is -0.360 e. The molecule has 2 N–H and O–H groups in total. The molecule has 2 aromatic rings. The lowest BCUT2D eigenvalue weighted by atomic mass is 10.1. The van der Waals surface area contributed by atoms with Gasteiger partial charge in [-0.15, -0.1) is 0 Å². The molecule has 8 heteroatoms. The van der Waals surface area contributed by atoms with Gasteiger partial charge in [0.15, 0.2) is 5.76 Å². The van der Waals surface area contributed by atoms with Crippen LogP contribution in [0.25, 0.3) is 0 Å². The summed E-state index contributed by atoms with van der Waals surface area (Å²) in [4.78, 5) is 12.2. The molecule has 136 valence electrons. The maximum Gasteiger partial charge on any atom is 0.245 e. The van der Waals surface area contributed by atoms with E-state index in [1.807, 2.05) is 32.0 Å². The monoisotopic (exact) mass is 365 g/mol. The van der Waals surface area contributed by atoms with Crippen LogP contribution in [0.5, 0.6) is 0 Å². The Kier molecular flexibility index (Phi) is 5.97. The third-order valence-electron chi connectivity index (χ3n) is 3.89. The molecule has 0 atom stereocenters. The van der Waals surface area contributed by atoms with Gasteiger partial charge in [-0.2, -0.15) is 0 Å². The van der Waals surface area contributed by atoms with Crippen molar-refractivity contribution in [1.82, 2.24) is 9.88 Å². The van der Waals surface area contributed by atoms with E-state index in [4.69, 9.17) is 4.52 Å². The molecule has 0 fully saturated rings. The van der Waals surface area contributed by atoms with Crippen LogP contribution in [-0.2, 0) is 21.2 Å². The van der Waals surface area contributed by atoms with Gasteiger partial charge < -0.3 is 9.84 Å². The van der Waals surface area contributed by atoms with Gasteiger partial charge in [-0.25, -0.2) is 13.1 Å².